The molecule has 22 heavy (non-hydrogen) atoms. The van der Waals surface area contributed by atoms with Crippen molar-refractivity contribution in [1.29, 1.82) is 0 Å². The maximum atomic E-state index is 12.2. The Balaban J connectivity index is 1.75. The zero-order chi connectivity index (χ0) is 15.5. The molecule has 0 radical (unpaired) electrons. The number of ether oxygens (including phenoxy) is 1. The van der Waals surface area contributed by atoms with Gasteiger partial charge in [0, 0.05) is 33.9 Å². The number of carbonyl (C=O) groups excluding carboxylic acids is 1. The first kappa shape index (κ1) is 14.5. The summed E-state index contributed by atoms with van der Waals surface area (Å²) in [5.41, 5.74) is 2.58. The molecule has 1 amide bonds. The SMILES string of the molecule is COc1cccc(NC(=O)Cc2c[nH]c3cc(Cl)ccc23)c1. The van der Waals surface area contributed by atoms with Gasteiger partial charge in [0.15, 0.2) is 0 Å². The van der Waals surface area contributed by atoms with Crippen molar-refractivity contribution in [2.45, 2.75) is 6.42 Å². The lowest BCUT2D eigenvalue weighted by Gasteiger charge is -2.06. The van der Waals surface area contributed by atoms with E-state index in [0.717, 1.165) is 16.5 Å². The maximum Gasteiger partial charge on any atom is 0.228 e. The second-order valence-corrected chi connectivity index (χ2v) is 5.40. The number of rotatable bonds is 4. The van der Waals surface area contributed by atoms with Crippen LogP contribution >= 0.6 is 11.6 Å². The minimum atomic E-state index is -0.0795. The van der Waals surface area contributed by atoms with Crippen molar-refractivity contribution in [3.63, 3.8) is 0 Å². The van der Waals surface area contributed by atoms with E-state index in [4.69, 9.17) is 16.3 Å². The number of hydrogen-bond acceptors (Lipinski definition) is 2. The largest absolute Gasteiger partial charge is 0.497 e. The van der Waals surface area contributed by atoms with E-state index in [1.54, 1.807) is 13.2 Å². The highest BCUT2D eigenvalue weighted by atomic mass is 35.5. The van der Waals surface area contributed by atoms with E-state index in [-0.39, 0.29) is 5.91 Å². The smallest absolute Gasteiger partial charge is 0.228 e. The molecule has 0 aliphatic heterocycles. The van der Waals surface area contributed by atoms with Gasteiger partial charge in [-0.1, -0.05) is 23.7 Å². The average molecular weight is 315 g/mol. The molecule has 1 heterocycles. The number of aromatic nitrogens is 1. The molecule has 3 rings (SSSR count). The molecular formula is C17H15ClN2O2. The number of aromatic amines is 1. The molecule has 2 aromatic carbocycles. The molecule has 0 saturated heterocycles. The minimum Gasteiger partial charge on any atom is -0.497 e. The Morgan fingerprint density at radius 1 is 1.27 bits per heavy atom. The van der Waals surface area contributed by atoms with Gasteiger partial charge in [0.05, 0.1) is 13.5 Å². The first-order chi connectivity index (χ1) is 10.7. The zero-order valence-electron chi connectivity index (χ0n) is 12.0. The third kappa shape index (κ3) is 3.07. The fraction of sp³-hybridized carbons (Fsp3) is 0.118. The Labute approximate surface area is 133 Å². The number of hydrogen-bond donors (Lipinski definition) is 2. The second-order valence-electron chi connectivity index (χ2n) is 4.96. The molecule has 0 bridgehead atoms. The normalized spacial score (nSPS) is 10.6. The highest BCUT2D eigenvalue weighted by molar-refractivity contribution is 6.31. The van der Waals surface area contributed by atoms with E-state index in [2.05, 4.69) is 10.3 Å². The Kier molecular flexibility index (Phi) is 4.02. The molecular weight excluding hydrogens is 300 g/mol. The maximum absolute atomic E-state index is 12.2. The molecule has 0 spiro atoms. The molecule has 5 heteroatoms. The predicted octanol–water partition coefficient (Wildman–Crippen LogP) is 4.01. The van der Waals surface area contributed by atoms with Crippen molar-refractivity contribution in [3.8, 4) is 5.75 Å². The number of nitrogens with one attached hydrogen (secondary N) is 2. The first-order valence-electron chi connectivity index (χ1n) is 6.85. The number of methoxy groups -OCH3 is 1. The molecule has 0 unspecified atom stereocenters. The van der Waals surface area contributed by atoms with E-state index in [1.165, 1.54) is 0 Å². The van der Waals surface area contributed by atoms with Gasteiger partial charge in [-0.3, -0.25) is 4.79 Å². The van der Waals surface area contributed by atoms with Crippen LogP contribution in [0.3, 0.4) is 0 Å². The van der Waals surface area contributed by atoms with Gasteiger partial charge in [0.25, 0.3) is 0 Å². The van der Waals surface area contributed by atoms with Gasteiger partial charge in [0.1, 0.15) is 5.75 Å². The highest BCUT2D eigenvalue weighted by Crippen LogP contribution is 2.23. The van der Waals surface area contributed by atoms with Crippen LogP contribution in [0.25, 0.3) is 10.9 Å². The van der Waals surface area contributed by atoms with Gasteiger partial charge < -0.3 is 15.0 Å². The number of amides is 1. The van der Waals surface area contributed by atoms with Crippen LogP contribution in [0.15, 0.2) is 48.7 Å². The van der Waals surface area contributed by atoms with Crippen LogP contribution in [0, 0.1) is 0 Å². The van der Waals surface area contributed by atoms with Crippen molar-refractivity contribution in [1.82, 2.24) is 4.98 Å². The van der Waals surface area contributed by atoms with Crippen molar-refractivity contribution < 1.29 is 9.53 Å². The van der Waals surface area contributed by atoms with Gasteiger partial charge >= 0.3 is 0 Å². The van der Waals surface area contributed by atoms with Crippen LogP contribution in [0.5, 0.6) is 5.75 Å². The van der Waals surface area contributed by atoms with Gasteiger partial charge in [-0.05, 0) is 29.8 Å². The number of fused-ring (bicyclic) bond motifs is 1. The Bertz CT molecular complexity index is 826. The molecule has 0 atom stereocenters. The Hall–Kier alpha value is -2.46. The van der Waals surface area contributed by atoms with Gasteiger partial charge in [-0.2, -0.15) is 0 Å². The standard InChI is InChI=1S/C17H15ClN2O2/c1-22-14-4-2-3-13(9-14)20-17(21)7-11-10-19-16-8-12(18)5-6-15(11)16/h2-6,8-10,19H,7H2,1H3,(H,20,21). The van der Waals surface area contributed by atoms with Crippen molar-refractivity contribution >= 4 is 34.1 Å². The number of halogens is 1. The monoisotopic (exact) mass is 314 g/mol. The topological polar surface area (TPSA) is 54.1 Å². The third-order valence-electron chi connectivity index (χ3n) is 3.43. The quantitative estimate of drug-likeness (QED) is 0.764. The fourth-order valence-electron chi connectivity index (χ4n) is 2.38. The molecule has 1 aromatic heterocycles. The van der Waals surface area contributed by atoms with Crippen LogP contribution < -0.4 is 10.1 Å². The Morgan fingerprint density at radius 3 is 2.95 bits per heavy atom. The summed E-state index contributed by atoms with van der Waals surface area (Å²) < 4.78 is 5.14. The number of carbonyl (C=O) groups is 1. The summed E-state index contributed by atoms with van der Waals surface area (Å²) in [7, 11) is 1.60. The summed E-state index contributed by atoms with van der Waals surface area (Å²) >= 11 is 5.96. The van der Waals surface area contributed by atoms with Crippen LogP contribution in [0.4, 0.5) is 5.69 Å². The highest BCUT2D eigenvalue weighted by Gasteiger charge is 2.09. The Morgan fingerprint density at radius 2 is 2.14 bits per heavy atom. The van der Waals surface area contributed by atoms with Crippen LogP contribution in [-0.2, 0) is 11.2 Å². The van der Waals surface area contributed by atoms with Crippen LogP contribution in [-0.4, -0.2) is 18.0 Å². The number of H-pyrrole nitrogens is 1. The lowest BCUT2D eigenvalue weighted by atomic mass is 10.1. The summed E-state index contributed by atoms with van der Waals surface area (Å²) in [5.74, 6) is 0.628. The summed E-state index contributed by atoms with van der Waals surface area (Å²) in [6.45, 7) is 0. The van der Waals surface area contributed by atoms with E-state index >= 15 is 0 Å². The van der Waals surface area contributed by atoms with E-state index in [0.29, 0.717) is 22.9 Å². The molecule has 0 aliphatic rings. The average Bonchev–Trinajstić information content (AvgIpc) is 2.89. The lowest BCUT2D eigenvalue weighted by molar-refractivity contribution is -0.115. The van der Waals surface area contributed by atoms with Crippen LogP contribution in [0.2, 0.25) is 5.02 Å². The van der Waals surface area contributed by atoms with Gasteiger partial charge in [-0.15, -0.1) is 0 Å². The van der Waals surface area contributed by atoms with Crippen molar-refractivity contribution in [3.05, 3.63) is 59.2 Å². The zero-order valence-corrected chi connectivity index (χ0v) is 12.8. The fourth-order valence-corrected chi connectivity index (χ4v) is 2.56. The summed E-state index contributed by atoms with van der Waals surface area (Å²) in [4.78, 5) is 15.3. The predicted molar refractivity (Wildman–Crippen MR) is 88.6 cm³/mol. The number of benzene rings is 2. The molecule has 0 aliphatic carbocycles. The van der Waals surface area contributed by atoms with E-state index in [9.17, 15) is 4.79 Å². The first-order valence-corrected chi connectivity index (χ1v) is 7.23. The summed E-state index contributed by atoms with van der Waals surface area (Å²) in [5, 5.41) is 4.55. The van der Waals surface area contributed by atoms with Crippen LogP contribution in [0.1, 0.15) is 5.56 Å². The van der Waals surface area contributed by atoms with Crippen molar-refractivity contribution in [2.75, 3.05) is 12.4 Å². The van der Waals surface area contributed by atoms with Gasteiger partial charge in [-0.25, -0.2) is 0 Å². The summed E-state index contributed by atoms with van der Waals surface area (Å²) in [6.07, 6.45) is 2.13. The van der Waals surface area contributed by atoms with Gasteiger partial charge in [0.2, 0.25) is 5.91 Å². The van der Waals surface area contributed by atoms with E-state index in [1.807, 2.05) is 42.6 Å². The third-order valence-corrected chi connectivity index (χ3v) is 3.67. The summed E-state index contributed by atoms with van der Waals surface area (Å²) in [6, 6.07) is 12.9. The van der Waals surface area contributed by atoms with E-state index < -0.39 is 0 Å². The van der Waals surface area contributed by atoms with Crippen molar-refractivity contribution in [2.24, 2.45) is 0 Å². The molecule has 0 fully saturated rings. The molecule has 112 valence electrons. The molecule has 2 N–H and O–H groups in total. The molecule has 3 aromatic rings. The minimum absolute atomic E-state index is 0.0795. The second kappa shape index (κ2) is 6.12. The lowest BCUT2D eigenvalue weighted by Crippen LogP contribution is -2.14. The molecule has 4 nitrogen and oxygen atoms in total. The number of anilines is 1. The molecule has 0 saturated carbocycles.